The number of alkyl halides is 6. The third-order valence-corrected chi connectivity index (χ3v) is 8.08. The largest absolute Gasteiger partial charge is 0.416 e. The van der Waals surface area contributed by atoms with Crippen LogP contribution >= 0.6 is 0 Å². The van der Waals surface area contributed by atoms with Crippen LogP contribution in [-0.2, 0) is 12.4 Å². The lowest BCUT2D eigenvalue weighted by Crippen LogP contribution is -2.04. The molecule has 7 rings (SSSR count). The molecule has 9 heteroatoms. The maximum Gasteiger partial charge on any atom is 0.416 e. The Balaban J connectivity index is 1.39. The van der Waals surface area contributed by atoms with Gasteiger partial charge in [0.1, 0.15) is 0 Å². The van der Waals surface area contributed by atoms with Crippen molar-refractivity contribution in [2.24, 2.45) is 4.99 Å². The number of fused-ring (bicyclic) bond motifs is 6. The van der Waals surface area contributed by atoms with Crippen molar-refractivity contribution >= 4 is 43.1 Å². The van der Waals surface area contributed by atoms with Crippen molar-refractivity contribution in [2.45, 2.75) is 12.4 Å². The first-order valence-electron chi connectivity index (χ1n) is 13.3. The van der Waals surface area contributed by atoms with Gasteiger partial charge in [0.05, 0.1) is 21.8 Å². The van der Waals surface area contributed by atoms with E-state index in [1.165, 1.54) is 24.3 Å². The Morgan fingerprint density at radius 1 is 0.477 bits per heavy atom. The summed E-state index contributed by atoms with van der Waals surface area (Å²) in [6.07, 6.45) is -7.03. The molecule has 0 aliphatic rings. The van der Waals surface area contributed by atoms with E-state index in [1.54, 1.807) is 18.2 Å². The van der Waals surface area contributed by atoms with Gasteiger partial charge in [-0.25, -0.2) is 0 Å². The summed E-state index contributed by atoms with van der Waals surface area (Å²) >= 11 is 0. The molecule has 0 heterocycles. The van der Waals surface area contributed by atoms with Crippen LogP contribution in [-0.4, -0.2) is 0 Å². The molecule has 7 aromatic rings. The van der Waals surface area contributed by atoms with Gasteiger partial charge in [0.2, 0.25) is 6.19 Å². The van der Waals surface area contributed by atoms with Crippen LogP contribution in [0.15, 0.2) is 102 Å². The fourth-order valence-corrected chi connectivity index (χ4v) is 5.93. The second-order valence-electron chi connectivity index (χ2n) is 10.5. The Labute approximate surface area is 244 Å². The van der Waals surface area contributed by atoms with Crippen molar-refractivity contribution in [1.29, 1.82) is 10.7 Å². The SMILES string of the molecule is N#CN=c1c2cc(-c3ccc(C(F)(F)F)cc3)ccc2c2cc3c(cc12)c(=N)c1cc(-c2ccc(C(F)(F)F)cc2)ccc13. The van der Waals surface area contributed by atoms with Crippen molar-refractivity contribution in [3.63, 3.8) is 0 Å². The maximum absolute atomic E-state index is 13.1. The van der Waals surface area contributed by atoms with Gasteiger partial charge in [0, 0.05) is 21.5 Å². The van der Waals surface area contributed by atoms with E-state index in [4.69, 9.17) is 5.41 Å². The van der Waals surface area contributed by atoms with Crippen molar-refractivity contribution in [1.82, 2.24) is 0 Å². The number of rotatable bonds is 2. The van der Waals surface area contributed by atoms with E-state index in [1.807, 2.05) is 36.5 Å². The molecule has 0 fully saturated rings. The average molecular weight is 594 g/mol. The summed E-state index contributed by atoms with van der Waals surface area (Å²) in [7, 11) is 0. The number of hydrogen-bond acceptors (Lipinski definition) is 3. The fourth-order valence-electron chi connectivity index (χ4n) is 5.93. The first kappa shape index (κ1) is 27.3. The molecule has 0 aliphatic heterocycles. The highest BCUT2D eigenvalue weighted by atomic mass is 19.4. The van der Waals surface area contributed by atoms with Crippen LogP contribution in [0.25, 0.3) is 65.3 Å². The van der Waals surface area contributed by atoms with Crippen molar-refractivity contribution in [3.8, 4) is 28.4 Å². The minimum Gasteiger partial charge on any atom is -0.300 e. The van der Waals surface area contributed by atoms with E-state index in [0.29, 0.717) is 49.2 Å². The topological polar surface area (TPSA) is 60.0 Å². The van der Waals surface area contributed by atoms with Crippen molar-refractivity contribution in [2.75, 3.05) is 0 Å². The Morgan fingerprint density at radius 3 is 1.36 bits per heavy atom. The summed E-state index contributed by atoms with van der Waals surface area (Å²) in [5, 5.41) is 24.9. The summed E-state index contributed by atoms with van der Waals surface area (Å²) in [5.74, 6) is 0. The predicted molar refractivity (Wildman–Crippen MR) is 157 cm³/mol. The molecule has 0 spiro atoms. The van der Waals surface area contributed by atoms with Crippen LogP contribution in [0, 0.1) is 16.9 Å². The molecular weight excluding hydrogens is 576 g/mol. The molecule has 3 nitrogen and oxygen atoms in total. The van der Waals surface area contributed by atoms with Gasteiger partial charge >= 0.3 is 12.4 Å². The third-order valence-electron chi connectivity index (χ3n) is 8.08. The minimum atomic E-state index is -4.44. The molecule has 0 amide bonds. The van der Waals surface area contributed by atoms with Gasteiger partial charge in [-0.1, -0.05) is 48.5 Å². The van der Waals surface area contributed by atoms with Crippen LogP contribution in [0.2, 0.25) is 0 Å². The van der Waals surface area contributed by atoms with Crippen LogP contribution < -0.4 is 10.7 Å². The standard InChI is InChI=1S/C35H17F6N3/c36-34(37,38)22-7-1-18(2-8-22)20-5-11-24-26-15-27-25-12-6-21(19-3-9-23(10-4-19)35(39,40)41)14-30(25)33(44-17-42)31(27)16-29(26)32(43)28(24)13-20/h1-16,43H. The summed E-state index contributed by atoms with van der Waals surface area (Å²) in [4.78, 5) is 4.09. The maximum atomic E-state index is 13.1. The lowest BCUT2D eigenvalue weighted by molar-refractivity contribution is -0.138. The molecule has 0 saturated carbocycles. The fraction of sp³-hybridized carbons (Fsp3) is 0.0571. The quantitative estimate of drug-likeness (QED) is 0.158. The molecule has 0 unspecified atom stereocenters. The molecular formula is C35H17F6N3. The Hall–Kier alpha value is -5.49. The minimum absolute atomic E-state index is 0.240. The Morgan fingerprint density at radius 2 is 0.864 bits per heavy atom. The summed E-state index contributed by atoms with van der Waals surface area (Å²) in [5.41, 5.74) is 1.03. The van der Waals surface area contributed by atoms with Gasteiger partial charge in [-0.05, 0) is 92.3 Å². The number of benzene rings is 5. The van der Waals surface area contributed by atoms with Crippen LogP contribution in [0.5, 0.6) is 0 Å². The van der Waals surface area contributed by atoms with E-state index in [-0.39, 0.29) is 5.36 Å². The zero-order valence-corrected chi connectivity index (χ0v) is 22.4. The van der Waals surface area contributed by atoms with Crippen LogP contribution in [0.1, 0.15) is 11.1 Å². The molecule has 0 aromatic heterocycles. The summed E-state index contributed by atoms with van der Waals surface area (Å²) in [6, 6.07) is 24.4. The molecule has 214 valence electrons. The predicted octanol–water partition coefficient (Wildman–Crippen LogP) is 9.41. The van der Waals surface area contributed by atoms with Crippen LogP contribution in [0.4, 0.5) is 26.3 Å². The molecule has 0 radical (unpaired) electrons. The molecule has 0 atom stereocenters. The number of hydrogen-bond donors (Lipinski definition) is 1. The second kappa shape index (κ2) is 9.51. The number of nitrogens with zero attached hydrogens (tertiary/aromatic N) is 2. The molecule has 0 saturated heterocycles. The normalized spacial score (nSPS) is 13.0. The molecule has 44 heavy (non-hydrogen) atoms. The first-order valence-corrected chi connectivity index (χ1v) is 13.3. The van der Waals surface area contributed by atoms with Crippen LogP contribution in [0.3, 0.4) is 0 Å². The highest BCUT2D eigenvalue weighted by molar-refractivity contribution is 6.21. The monoisotopic (exact) mass is 593 g/mol. The number of halogens is 6. The Kier molecular flexibility index (Phi) is 5.91. The van der Waals surface area contributed by atoms with E-state index in [2.05, 4.69) is 4.99 Å². The van der Waals surface area contributed by atoms with E-state index < -0.39 is 23.5 Å². The number of nitrogens with one attached hydrogen (secondary N) is 1. The molecule has 0 aliphatic carbocycles. The summed E-state index contributed by atoms with van der Waals surface area (Å²) in [6.45, 7) is 0. The molecule has 1 N–H and O–H groups in total. The van der Waals surface area contributed by atoms with Gasteiger partial charge in [-0.2, -0.15) is 36.6 Å². The van der Waals surface area contributed by atoms with Gasteiger partial charge in [-0.3, -0.25) is 5.41 Å². The average Bonchev–Trinajstić information content (AvgIpc) is 3.45. The summed E-state index contributed by atoms with van der Waals surface area (Å²) < 4.78 is 78.3. The van der Waals surface area contributed by atoms with Gasteiger partial charge in [0.25, 0.3) is 0 Å². The zero-order chi connectivity index (χ0) is 31.0. The van der Waals surface area contributed by atoms with Gasteiger partial charge in [0.15, 0.2) is 0 Å². The molecule has 7 aromatic carbocycles. The van der Waals surface area contributed by atoms with E-state index in [0.717, 1.165) is 45.8 Å². The van der Waals surface area contributed by atoms with E-state index >= 15 is 0 Å². The zero-order valence-electron chi connectivity index (χ0n) is 22.4. The van der Waals surface area contributed by atoms with Crippen molar-refractivity contribution in [3.05, 3.63) is 119 Å². The van der Waals surface area contributed by atoms with Gasteiger partial charge in [-0.15, -0.1) is 0 Å². The molecule has 0 bridgehead atoms. The lowest BCUT2D eigenvalue weighted by atomic mass is 10.0. The highest BCUT2D eigenvalue weighted by Crippen LogP contribution is 2.37. The smallest absolute Gasteiger partial charge is 0.300 e. The lowest BCUT2D eigenvalue weighted by Gasteiger charge is -2.08. The highest BCUT2D eigenvalue weighted by Gasteiger charge is 2.31. The van der Waals surface area contributed by atoms with Gasteiger partial charge < -0.3 is 0 Å². The van der Waals surface area contributed by atoms with Crippen molar-refractivity contribution < 1.29 is 26.3 Å². The third kappa shape index (κ3) is 4.30. The first-order chi connectivity index (χ1) is 20.9. The number of nitriles is 1. The Bertz CT molecular complexity index is 2420. The second-order valence-corrected chi connectivity index (χ2v) is 10.5. The van der Waals surface area contributed by atoms with E-state index in [9.17, 15) is 31.6 Å².